The van der Waals surface area contributed by atoms with Gasteiger partial charge in [-0.05, 0) is 30.8 Å². The number of likely N-dealkylation sites (N-methyl/N-ethyl adjacent to an activating group) is 1. The van der Waals surface area contributed by atoms with Crippen LogP contribution in [0.4, 0.5) is 5.69 Å². The molecule has 1 fully saturated rings. The second-order valence-corrected chi connectivity index (χ2v) is 6.84. The number of pyridine rings is 1. The van der Waals surface area contributed by atoms with E-state index >= 15 is 0 Å². The van der Waals surface area contributed by atoms with E-state index in [9.17, 15) is 4.79 Å². The molecule has 0 unspecified atom stereocenters. The molecule has 1 N–H and O–H groups in total. The zero-order valence-electron chi connectivity index (χ0n) is 14.9. The van der Waals surface area contributed by atoms with Gasteiger partial charge in [0.1, 0.15) is 5.65 Å². The monoisotopic (exact) mass is 349 g/mol. The highest BCUT2D eigenvalue weighted by atomic mass is 16.1. The number of piperazine rings is 1. The topological polar surface area (TPSA) is 52.9 Å². The van der Waals surface area contributed by atoms with Crippen LogP contribution in [0.2, 0.25) is 0 Å². The van der Waals surface area contributed by atoms with E-state index in [0.717, 1.165) is 44.1 Å². The molecule has 4 rings (SSSR count). The smallest absolute Gasteiger partial charge is 0.255 e. The Morgan fingerprint density at radius 1 is 1.08 bits per heavy atom. The van der Waals surface area contributed by atoms with Crippen molar-refractivity contribution < 1.29 is 4.79 Å². The number of aromatic nitrogens is 2. The minimum atomic E-state index is -0.105. The number of hydrogen-bond donors (Lipinski definition) is 1. The van der Waals surface area contributed by atoms with E-state index in [0.29, 0.717) is 5.56 Å². The molecular formula is C20H23N5O. The molecule has 6 heteroatoms. The Hall–Kier alpha value is -2.70. The summed E-state index contributed by atoms with van der Waals surface area (Å²) in [6.45, 7) is 5.35. The predicted molar refractivity (Wildman–Crippen MR) is 102 cm³/mol. The number of carbonyl (C=O) groups excluding carboxylic acids is 1. The van der Waals surface area contributed by atoms with Gasteiger partial charge in [0.05, 0.1) is 0 Å². The average molecular weight is 349 g/mol. The number of imidazole rings is 1. The third-order valence-electron chi connectivity index (χ3n) is 4.87. The molecular weight excluding hydrogens is 326 g/mol. The Balaban J connectivity index is 1.38. The Labute approximate surface area is 153 Å². The van der Waals surface area contributed by atoms with Crippen LogP contribution in [-0.4, -0.2) is 58.3 Å². The van der Waals surface area contributed by atoms with Crippen molar-refractivity contribution >= 4 is 17.2 Å². The standard InChI is InChI=1S/C20H23N5O/c1-23-10-12-24(13-11-23)15-16-2-4-17(5-3-16)20(26)22-18-6-8-25-9-7-21-19(25)14-18/h2-9,14H,10-13,15H2,1H3,(H,22,26). The molecule has 6 nitrogen and oxygen atoms in total. The number of rotatable bonds is 4. The van der Waals surface area contributed by atoms with E-state index < -0.39 is 0 Å². The molecule has 0 radical (unpaired) electrons. The molecule has 134 valence electrons. The van der Waals surface area contributed by atoms with Gasteiger partial charge in [0.15, 0.2) is 0 Å². The second kappa shape index (κ2) is 7.27. The summed E-state index contributed by atoms with van der Waals surface area (Å²) in [5, 5.41) is 2.94. The first kappa shape index (κ1) is 16.8. The summed E-state index contributed by atoms with van der Waals surface area (Å²) < 4.78 is 1.91. The van der Waals surface area contributed by atoms with E-state index in [1.54, 1.807) is 6.20 Å². The average Bonchev–Trinajstić information content (AvgIpc) is 3.12. The van der Waals surface area contributed by atoms with Gasteiger partial charge in [0, 0.05) is 68.6 Å². The number of carbonyl (C=O) groups is 1. The fourth-order valence-corrected chi connectivity index (χ4v) is 3.22. The lowest BCUT2D eigenvalue weighted by Gasteiger charge is -2.32. The Bertz CT molecular complexity index is 894. The lowest BCUT2D eigenvalue weighted by Crippen LogP contribution is -2.43. The van der Waals surface area contributed by atoms with Crippen molar-refractivity contribution in [2.24, 2.45) is 0 Å². The third kappa shape index (κ3) is 3.76. The fraction of sp³-hybridized carbons (Fsp3) is 0.300. The number of fused-ring (bicyclic) bond motifs is 1. The minimum absolute atomic E-state index is 0.105. The molecule has 3 aromatic rings. The van der Waals surface area contributed by atoms with E-state index in [-0.39, 0.29) is 5.91 Å². The summed E-state index contributed by atoms with van der Waals surface area (Å²) in [7, 11) is 2.16. The summed E-state index contributed by atoms with van der Waals surface area (Å²) >= 11 is 0. The normalized spacial score (nSPS) is 16.0. The van der Waals surface area contributed by atoms with Crippen LogP contribution in [-0.2, 0) is 6.54 Å². The first-order valence-electron chi connectivity index (χ1n) is 8.91. The van der Waals surface area contributed by atoms with Crippen molar-refractivity contribution in [3.05, 3.63) is 66.1 Å². The van der Waals surface area contributed by atoms with Crippen molar-refractivity contribution in [2.75, 3.05) is 38.5 Å². The molecule has 1 aliphatic heterocycles. The maximum atomic E-state index is 12.5. The van der Waals surface area contributed by atoms with Gasteiger partial charge in [0.2, 0.25) is 0 Å². The second-order valence-electron chi connectivity index (χ2n) is 6.84. The number of benzene rings is 1. The van der Waals surface area contributed by atoms with Gasteiger partial charge in [-0.1, -0.05) is 12.1 Å². The fourth-order valence-electron chi connectivity index (χ4n) is 3.22. The summed E-state index contributed by atoms with van der Waals surface area (Å²) in [5.74, 6) is -0.105. The lowest BCUT2D eigenvalue weighted by molar-refractivity contribution is 0.102. The van der Waals surface area contributed by atoms with E-state index in [4.69, 9.17) is 0 Å². The summed E-state index contributed by atoms with van der Waals surface area (Å²) in [6.07, 6.45) is 5.50. The molecule has 0 saturated carbocycles. The SMILES string of the molecule is CN1CCN(Cc2ccc(C(=O)Nc3ccn4ccnc4c3)cc2)CC1. The predicted octanol–water partition coefficient (Wildman–Crippen LogP) is 2.33. The van der Waals surface area contributed by atoms with Crippen LogP contribution < -0.4 is 5.32 Å². The van der Waals surface area contributed by atoms with Gasteiger partial charge >= 0.3 is 0 Å². The van der Waals surface area contributed by atoms with Gasteiger partial charge in [-0.3, -0.25) is 9.69 Å². The number of anilines is 1. The van der Waals surface area contributed by atoms with Gasteiger partial charge < -0.3 is 14.6 Å². The van der Waals surface area contributed by atoms with Gasteiger partial charge in [-0.25, -0.2) is 4.98 Å². The van der Waals surface area contributed by atoms with Crippen LogP contribution in [0.1, 0.15) is 15.9 Å². The Morgan fingerprint density at radius 2 is 1.85 bits per heavy atom. The number of amides is 1. The molecule has 0 atom stereocenters. The first-order chi connectivity index (χ1) is 12.7. The molecule has 1 amide bonds. The van der Waals surface area contributed by atoms with Gasteiger partial charge in [-0.2, -0.15) is 0 Å². The number of hydrogen-bond acceptors (Lipinski definition) is 4. The number of nitrogens with zero attached hydrogens (tertiary/aromatic N) is 4. The highest BCUT2D eigenvalue weighted by molar-refractivity contribution is 6.04. The first-order valence-corrected chi connectivity index (χ1v) is 8.91. The van der Waals surface area contributed by atoms with E-state index in [1.807, 2.05) is 53.2 Å². The Kier molecular flexibility index (Phi) is 4.69. The molecule has 1 aliphatic rings. The van der Waals surface area contributed by atoms with Crippen molar-refractivity contribution in [2.45, 2.75) is 6.54 Å². The van der Waals surface area contributed by atoms with Crippen LogP contribution >= 0.6 is 0 Å². The molecule has 3 heterocycles. The third-order valence-corrected chi connectivity index (χ3v) is 4.87. The Morgan fingerprint density at radius 3 is 2.62 bits per heavy atom. The van der Waals surface area contributed by atoms with Crippen LogP contribution in [0.5, 0.6) is 0 Å². The van der Waals surface area contributed by atoms with E-state index in [1.165, 1.54) is 5.56 Å². The highest BCUT2D eigenvalue weighted by Crippen LogP contribution is 2.14. The van der Waals surface area contributed by atoms with Crippen LogP contribution in [0.3, 0.4) is 0 Å². The quantitative estimate of drug-likeness (QED) is 0.785. The van der Waals surface area contributed by atoms with Crippen LogP contribution in [0.15, 0.2) is 55.0 Å². The van der Waals surface area contributed by atoms with Gasteiger partial charge in [-0.15, -0.1) is 0 Å². The molecule has 26 heavy (non-hydrogen) atoms. The molecule has 2 aromatic heterocycles. The highest BCUT2D eigenvalue weighted by Gasteiger charge is 2.14. The maximum Gasteiger partial charge on any atom is 0.255 e. The van der Waals surface area contributed by atoms with Crippen molar-refractivity contribution in [3.8, 4) is 0 Å². The zero-order valence-corrected chi connectivity index (χ0v) is 14.9. The lowest BCUT2D eigenvalue weighted by atomic mass is 10.1. The number of nitrogens with one attached hydrogen (secondary N) is 1. The maximum absolute atomic E-state index is 12.5. The molecule has 0 aliphatic carbocycles. The van der Waals surface area contributed by atoms with Crippen molar-refractivity contribution in [1.29, 1.82) is 0 Å². The summed E-state index contributed by atoms with van der Waals surface area (Å²) in [4.78, 5) is 21.5. The van der Waals surface area contributed by atoms with Crippen LogP contribution in [0.25, 0.3) is 5.65 Å². The van der Waals surface area contributed by atoms with Crippen molar-refractivity contribution in [3.63, 3.8) is 0 Å². The van der Waals surface area contributed by atoms with Crippen LogP contribution in [0, 0.1) is 0 Å². The molecule has 1 aromatic carbocycles. The minimum Gasteiger partial charge on any atom is -0.322 e. The van der Waals surface area contributed by atoms with E-state index in [2.05, 4.69) is 27.1 Å². The molecule has 1 saturated heterocycles. The largest absolute Gasteiger partial charge is 0.322 e. The van der Waals surface area contributed by atoms with Gasteiger partial charge in [0.25, 0.3) is 5.91 Å². The zero-order chi connectivity index (χ0) is 17.9. The summed E-state index contributed by atoms with van der Waals surface area (Å²) in [5.41, 5.74) is 3.46. The molecule has 0 spiro atoms. The van der Waals surface area contributed by atoms with Crippen molar-refractivity contribution in [1.82, 2.24) is 19.2 Å². The molecule has 0 bridgehead atoms. The summed E-state index contributed by atoms with van der Waals surface area (Å²) in [6, 6.07) is 11.6.